The molecule has 4 aliphatic rings. The van der Waals surface area contributed by atoms with E-state index in [1.165, 1.54) is 0 Å². The largest absolute Gasteiger partial charge is 0.367 e. The molecular weight excluding hydrogens is 556 g/mol. The van der Waals surface area contributed by atoms with Crippen LogP contribution in [0.4, 0.5) is 0 Å². The molecule has 1 aromatic carbocycles. The fourth-order valence-electron chi connectivity index (χ4n) is 4.95. The third-order valence-corrected chi connectivity index (χ3v) is 7.69. The maximum absolute atomic E-state index is 6.70. The van der Waals surface area contributed by atoms with Crippen molar-refractivity contribution in [2.75, 3.05) is 0 Å². The maximum atomic E-state index is 6.70. The van der Waals surface area contributed by atoms with E-state index in [1.54, 1.807) is 0 Å². The van der Waals surface area contributed by atoms with Crippen molar-refractivity contribution in [3.63, 3.8) is 0 Å². The van der Waals surface area contributed by atoms with Crippen molar-refractivity contribution in [1.29, 1.82) is 0 Å². The van der Waals surface area contributed by atoms with Crippen LogP contribution in [0.1, 0.15) is 39.7 Å². The lowest BCUT2D eigenvalue weighted by atomic mass is 9.94. The Morgan fingerprint density at radius 1 is 0.879 bits per heavy atom. The highest BCUT2D eigenvalue weighted by atomic mass is 79.9. The minimum absolute atomic E-state index is 0.0769. The van der Waals surface area contributed by atoms with Gasteiger partial charge in [-0.2, -0.15) is 0 Å². The lowest BCUT2D eigenvalue weighted by molar-refractivity contribution is -0.181. The minimum Gasteiger partial charge on any atom is -0.367 e. The van der Waals surface area contributed by atoms with E-state index in [0.717, 1.165) is 14.5 Å². The van der Waals surface area contributed by atoms with E-state index in [4.69, 9.17) is 28.4 Å². The topological polar surface area (TPSA) is 55.4 Å². The average molecular weight is 586 g/mol. The minimum atomic E-state index is -0.710. The summed E-state index contributed by atoms with van der Waals surface area (Å²) in [7, 11) is 0. The number of halogens is 2. The number of hydrogen-bond donors (Lipinski definition) is 0. The highest BCUT2D eigenvalue weighted by Crippen LogP contribution is 2.44. The van der Waals surface area contributed by atoms with E-state index in [1.807, 2.05) is 52.0 Å². The number of benzene rings is 1. The highest BCUT2D eigenvalue weighted by Gasteiger charge is 2.53. The van der Waals surface area contributed by atoms with Gasteiger partial charge in [-0.1, -0.05) is 62.2 Å². The fourth-order valence-corrected chi connectivity index (χ4v) is 6.25. The molecule has 8 heteroatoms. The van der Waals surface area contributed by atoms with Gasteiger partial charge in [0.1, 0.15) is 30.5 Å². The van der Waals surface area contributed by atoms with E-state index in [0.29, 0.717) is 13.0 Å². The molecule has 2 fully saturated rings. The van der Waals surface area contributed by atoms with Crippen molar-refractivity contribution >= 4 is 31.9 Å². The molecule has 6 nitrogen and oxygen atoms in total. The second kappa shape index (κ2) is 9.13. The summed E-state index contributed by atoms with van der Waals surface area (Å²) in [5.74, 6) is -1.33. The number of hydrogen-bond acceptors (Lipinski definition) is 6. The second-order valence-corrected chi connectivity index (χ2v) is 11.7. The molecule has 7 atom stereocenters. The first-order chi connectivity index (χ1) is 15.6. The van der Waals surface area contributed by atoms with E-state index in [9.17, 15) is 0 Å². The van der Waals surface area contributed by atoms with Crippen molar-refractivity contribution in [3.05, 3.63) is 57.0 Å². The molecule has 2 aliphatic carbocycles. The van der Waals surface area contributed by atoms with E-state index in [2.05, 4.69) is 50.1 Å². The smallest absolute Gasteiger partial charge is 0.164 e. The van der Waals surface area contributed by atoms with Gasteiger partial charge in [0.05, 0.1) is 18.8 Å². The molecule has 2 heterocycles. The summed E-state index contributed by atoms with van der Waals surface area (Å²) in [4.78, 5) is 0. The van der Waals surface area contributed by atoms with Crippen LogP contribution in [-0.4, -0.2) is 54.3 Å². The van der Waals surface area contributed by atoms with Crippen molar-refractivity contribution < 1.29 is 28.4 Å². The van der Waals surface area contributed by atoms with Gasteiger partial charge in [0.25, 0.3) is 0 Å². The third kappa shape index (κ3) is 5.19. The van der Waals surface area contributed by atoms with Crippen LogP contribution in [0.3, 0.4) is 0 Å². The van der Waals surface area contributed by atoms with Crippen LogP contribution in [0.5, 0.6) is 0 Å². The van der Waals surface area contributed by atoms with Gasteiger partial charge in [-0.15, -0.1) is 0 Å². The van der Waals surface area contributed by atoms with Gasteiger partial charge in [-0.05, 0) is 45.4 Å². The predicted octanol–water partition coefficient (Wildman–Crippen LogP) is 5.34. The Hall–Kier alpha value is -0.580. The fraction of sp³-hybridized carbons (Fsp3) is 0.600. The molecule has 0 aromatic heterocycles. The van der Waals surface area contributed by atoms with E-state index < -0.39 is 11.6 Å². The normalized spacial score (nSPS) is 38.9. The Kier molecular flexibility index (Phi) is 6.68. The van der Waals surface area contributed by atoms with Crippen LogP contribution in [0.2, 0.25) is 0 Å². The molecule has 2 aliphatic heterocycles. The number of fused-ring (bicyclic) bond motifs is 2. The van der Waals surface area contributed by atoms with Crippen molar-refractivity contribution in [1.82, 2.24) is 0 Å². The van der Waals surface area contributed by atoms with Crippen molar-refractivity contribution in [3.8, 4) is 0 Å². The van der Waals surface area contributed by atoms with Gasteiger partial charge in [-0.3, -0.25) is 0 Å². The molecule has 2 saturated heterocycles. The lowest BCUT2D eigenvalue weighted by Crippen LogP contribution is -2.51. The summed E-state index contributed by atoms with van der Waals surface area (Å²) < 4.78 is 39.6. The molecular formula is C25H30Br2O6. The predicted molar refractivity (Wildman–Crippen MR) is 130 cm³/mol. The van der Waals surface area contributed by atoms with Crippen LogP contribution in [0, 0.1) is 0 Å². The standard InChI is InChI=1S/C25H30Br2O6/c1-24(2)30-19-11-15(10-16(26)20(19)31-24)29-22-18(28-13-14-8-6-5-7-9-14)12-17(27)21-23(22)33-25(3,4)32-21/h5-10,12,15,18-23H,11,13H2,1-4H3/t15-,18-,19-,20+,21-,22+,23-/m0/s1. The Bertz CT molecular complexity index is 930. The van der Waals surface area contributed by atoms with Gasteiger partial charge in [-0.25, -0.2) is 0 Å². The van der Waals surface area contributed by atoms with Gasteiger partial charge in [0.2, 0.25) is 0 Å². The SMILES string of the molecule is CC1(C)O[C@H]2C[C@@H](O[C@H]3[C@H]4OC(C)(C)O[C@H]4C(Br)=C[C@@H]3OCc3ccccc3)C=C(Br)[C@H]2O1. The van der Waals surface area contributed by atoms with Crippen molar-refractivity contribution in [2.24, 2.45) is 0 Å². The van der Waals surface area contributed by atoms with Crippen molar-refractivity contribution in [2.45, 2.75) is 95.0 Å². The van der Waals surface area contributed by atoms with Crippen LogP contribution < -0.4 is 0 Å². The molecule has 0 radical (unpaired) electrons. The molecule has 5 rings (SSSR count). The second-order valence-electron chi connectivity index (χ2n) is 9.85. The van der Waals surface area contributed by atoms with Gasteiger partial charge >= 0.3 is 0 Å². The summed E-state index contributed by atoms with van der Waals surface area (Å²) in [6.07, 6.45) is 3.25. The maximum Gasteiger partial charge on any atom is 0.164 e. The monoisotopic (exact) mass is 584 g/mol. The lowest BCUT2D eigenvalue weighted by Gasteiger charge is -2.38. The number of ether oxygens (including phenoxy) is 6. The molecule has 0 spiro atoms. The van der Waals surface area contributed by atoms with Crippen LogP contribution in [-0.2, 0) is 35.0 Å². The summed E-state index contributed by atoms with van der Waals surface area (Å²) >= 11 is 7.37. The zero-order valence-corrected chi connectivity index (χ0v) is 22.4. The van der Waals surface area contributed by atoms with Gasteiger partial charge in [0.15, 0.2) is 11.6 Å². The molecule has 0 unspecified atom stereocenters. The molecule has 0 N–H and O–H groups in total. The highest BCUT2D eigenvalue weighted by molar-refractivity contribution is 9.12. The molecule has 0 saturated carbocycles. The van der Waals surface area contributed by atoms with E-state index >= 15 is 0 Å². The summed E-state index contributed by atoms with van der Waals surface area (Å²) in [6.45, 7) is 8.21. The first-order valence-electron chi connectivity index (χ1n) is 11.4. The molecule has 0 amide bonds. The summed E-state index contributed by atoms with van der Waals surface area (Å²) in [5.41, 5.74) is 1.11. The Balaban J connectivity index is 1.37. The number of rotatable bonds is 5. The van der Waals surface area contributed by atoms with Crippen LogP contribution >= 0.6 is 31.9 Å². The van der Waals surface area contributed by atoms with E-state index in [-0.39, 0.29) is 42.7 Å². The molecule has 1 aromatic rings. The molecule has 0 bridgehead atoms. The first kappa shape index (κ1) is 24.1. The molecule has 180 valence electrons. The zero-order chi connectivity index (χ0) is 23.4. The van der Waals surface area contributed by atoms with Crippen LogP contribution in [0.15, 0.2) is 51.4 Å². The van der Waals surface area contributed by atoms with Crippen LogP contribution in [0.25, 0.3) is 0 Å². The first-order valence-corrected chi connectivity index (χ1v) is 13.0. The summed E-state index contributed by atoms with van der Waals surface area (Å²) in [6, 6.07) is 10.1. The Morgan fingerprint density at radius 2 is 1.55 bits per heavy atom. The quantitative estimate of drug-likeness (QED) is 0.465. The Labute approximate surface area is 211 Å². The third-order valence-electron chi connectivity index (χ3n) is 6.25. The van der Waals surface area contributed by atoms with Gasteiger partial charge in [0, 0.05) is 15.4 Å². The molecule has 33 heavy (non-hydrogen) atoms. The zero-order valence-electron chi connectivity index (χ0n) is 19.2. The summed E-state index contributed by atoms with van der Waals surface area (Å²) in [5, 5.41) is 0. The Morgan fingerprint density at radius 3 is 2.30 bits per heavy atom. The average Bonchev–Trinajstić information content (AvgIpc) is 3.24. The van der Waals surface area contributed by atoms with Gasteiger partial charge < -0.3 is 28.4 Å².